The first-order chi connectivity index (χ1) is 10.2. The van der Waals surface area contributed by atoms with Gasteiger partial charge in [-0.25, -0.2) is 0 Å². The van der Waals surface area contributed by atoms with E-state index >= 15 is 0 Å². The predicted molar refractivity (Wildman–Crippen MR) is 78.5 cm³/mol. The van der Waals surface area contributed by atoms with Crippen LogP contribution in [0, 0.1) is 11.3 Å². The number of carbonyl (C=O) groups is 1. The smallest absolute Gasteiger partial charge is 0.242 e. The van der Waals surface area contributed by atoms with Crippen LogP contribution in [0.15, 0.2) is 24.3 Å². The maximum absolute atomic E-state index is 12.0. The number of rotatable bonds is 4. The number of aromatic nitrogens is 2. The number of nitrogens with one attached hydrogen (secondary N) is 2. The third-order valence-electron chi connectivity index (χ3n) is 3.45. The SMILES string of the molecule is CC(Nc1c(C#N)nnc2ccccc12)C(=O)NC1CC1. The lowest BCUT2D eigenvalue weighted by Gasteiger charge is -2.16. The number of nitriles is 1. The highest BCUT2D eigenvalue weighted by Gasteiger charge is 2.26. The summed E-state index contributed by atoms with van der Waals surface area (Å²) in [6, 6.07) is 9.29. The summed E-state index contributed by atoms with van der Waals surface area (Å²) in [6.07, 6.45) is 2.09. The quantitative estimate of drug-likeness (QED) is 0.888. The molecule has 0 spiro atoms. The van der Waals surface area contributed by atoms with Gasteiger partial charge in [-0.1, -0.05) is 18.2 Å². The van der Waals surface area contributed by atoms with Crippen LogP contribution in [0.5, 0.6) is 0 Å². The van der Waals surface area contributed by atoms with Crippen LogP contribution < -0.4 is 10.6 Å². The first-order valence-electron chi connectivity index (χ1n) is 6.91. The van der Waals surface area contributed by atoms with Gasteiger partial charge in [0.2, 0.25) is 5.91 Å². The van der Waals surface area contributed by atoms with Crippen molar-refractivity contribution in [2.24, 2.45) is 0 Å². The molecule has 21 heavy (non-hydrogen) atoms. The van der Waals surface area contributed by atoms with Gasteiger partial charge in [-0.3, -0.25) is 4.79 Å². The molecule has 6 nitrogen and oxygen atoms in total. The minimum absolute atomic E-state index is 0.0673. The Morgan fingerprint density at radius 1 is 1.38 bits per heavy atom. The van der Waals surface area contributed by atoms with Crippen LogP contribution in [0.25, 0.3) is 10.9 Å². The Balaban J connectivity index is 1.91. The van der Waals surface area contributed by atoms with Gasteiger partial charge in [0.05, 0.1) is 11.2 Å². The molecule has 2 N–H and O–H groups in total. The first-order valence-corrected chi connectivity index (χ1v) is 6.91. The van der Waals surface area contributed by atoms with Crippen molar-refractivity contribution in [2.45, 2.75) is 31.8 Å². The van der Waals surface area contributed by atoms with E-state index in [2.05, 4.69) is 20.8 Å². The molecule has 1 amide bonds. The third kappa shape index (κ3) is 2.77. The molecule has 1 unspecified atom stereocenters. The molecule has 1 atom stereocenters. The third-order valence-corrected chi connectivity index (χ3v) is 3.45. The molecule has 1 saturated carbocycles. The molecular formula is C15H15N5O. The fraction of sp³-hybridized carbons (Fsp3) is 0.333. The lowest BCUT2D eigenvalue weighted by atomic mass is 10.1. The summed E-state index contributed by atoms with van der Waals surface area (Å²) in [5, 5.41) is 23.9. The van der Waals surface area contributed by atoms with Gasteiger partial charge in [0, 0.05) is 11.4 Å². The zero-order chi connectivity index (χ0) is 14.8. The van der Waals surface area contributed by atoms with Crippen LogP contribution in [-0.4, -0.2) is 28.2 Å². The topological polar surface area (TPSA) is 90.7 Å². The van der Waals surface area contributed by atoms with Gasteiger partial charge < -0.3 is 10.6 Å². The van der Waals surface area contributed by atoms with Crippen LogP contribution in [0.2, 0.25) is 0 Å². The summed E-state index contributed by atoms with van der Waals surface area (Å²) >= 11 is 0. The second-order valence-corrected chi connectivity index (χ2v) is 5.20. The fourth-order valence-corrected chi connectivity index (χ4v) is 2.11. The van der Waals surface area contributed by atoms with Gasteiger partial charge in [-0.2, -0.15) is 5.26 Å². The summed E-state index contributed by atoms with van der Waals surface area (Å²) in [7, 11) is 0. The van der Waals surface area contributed by atoms with E-state index in [1.54, 1.807) is 6.92 Å². The Morgan fingerprint density at radius 2 is 2.14 bits per heavy atom. The van der Waals surface area contributed by atoms with Crippen molar-refractivity contribution in [2.75, 3.05) is 5.32 Å². The minimum Gasteiger partial charge on any atom is -0.371 e. The number of fused-ring (bicyclic) bond motifs is 1. The summed E-state index contributed by atoms with van der Waals surface area (Å²) < 4.78 is 0. The molecule has 1 aromatic heterocycles. The number of hydrogen-bond acceptors (Lipinski definition) is 5. The molecule has 1 aromatic carbocycles. The van der Waals surface area contributed by atoms with E-state index in [9.17, 15) is 10.1 Å². The van der Waals surface area contributed by atoms with Crippen LogP contribution in [0.1, 0.15) is 25.5 Å². The normalized spacial score (nSPS) is 15.2. The van der Waals surface area contributed by atoms with E-state index in [0.717, 1.165) is 18.2 Å². The minimum atomic E-state index is -0.440. The van der Waals surface area contributed by atoms with Crippen LogP contribution >= 0.6 is 0 Å². The van der Waals surface area contributed by atoms with Crippen LogP contribution in [0.4, 0.5) is 5.69 Å². The monoisotopic (exact) mass is 281 g/mol. The highest BCUT2D eigenvalue weighted by Crippen LogP contribution is 2.25. The van der Waals surface area contributed by atoms with E-state index < -0.39 is 6.04 Å². The maximum Gasteiger partial charge on any atom is 0.242 e. The Bertz CT molecular complexity index is 732. The van der Waals surface area contributed by atoms with Crippen molar-refractivity contribution in [3.8, 4) is 6.07 Å². The van der Waals surface area contributed by atoms with E-state index in [4.69, 9.17) is 0 Å². The van der Waals surface area contributed by atoms with Crippen molar-refractivity contribution in [1.29, 1.82) is 5.26 Å². The average molecular weight is 281 g/mol. The summed E-state index contributed by atoms with van der Waals surface area (Å²) in [5.74, 6) is -0.0673. The number of benzene rings is 1. The fourth-order valence-electron chi connectivity index (χ4n) is 2.11. The van der Waals surface area contributed by atoms with Crippen molar-refractivity contribution < 1.29 is 4.79 Å². The molecule has 106 valence electrons. The van der Waals surface area contributed by atoms with E-state index in [-0.39, 0.29) is 11.6 Å². The van der Waals surface area contributed by atoms with Crippen LogP contribution in [0.3, 0.4) is 0 Å². The van der Waals surface area contributed by atoms with Gasteiger partial charge in [-0.15, -0.1) is 10.2 Å². The summed E-state index contributed by atoms with van der Waals surface area (Å²) in [4.78, 5) is 12.0. The Kier molecular flexibility index (Phi) is 3.40. The molecule has 2 aromatic rings. The second-order valence-electron chi connectivity index (χ2n) is 5.20. The molecule has 6 heteroatoms. The van der Waals surface area contributed by atoms with Crippen molar-refractivity contribution >= 4 is 22.5 Å². The lowest BCUT2D eigenvalue weighted by Crippen LogP contribution is -2.38. The highest BCUT2D eigenvalue weighted by molar-refractivity contribution is 5.95. The van der Waals surface area contributed by atoms with Gasteiger partial charge in [-0.05, 0) is 25.8 Å². The molecule has 0 radical (unpaired) electrons. The van der Waals surface area contributed by atoms with E-state index in [1.165, 1.54) is 0 Å². The lowest BCUT2D eigenvalue weighted by molar-refractivity contribution is -0.121. The second kappa shape index (κ2) is 5.37. The average Bonchev–Trinajstić information content (AvgIpc) is 3.31. The molecular weight excluding hydrogens is 266 g/mol. The molecule has 0 bridgehead atoms. The van der Waals surface area contributed by atoms with Crippen molar-refractivity contribution in [3.05, 3.63) is 30.0 Å². The first kappa shape index (κ1) is 13.3. The number of amides is 1. The van der Waals surface area contributed by atoms with Gasteiger partial charge in [0.15, 0.2) is 5.69 Å². The number of hydrogen-bond donors (Lipinski definition) is 2. The van der Waals surface area contributed by atoms with Crippen molar-refractivity contribution in [3.63, 3.8) is 0 Å². The van der Waals surface area contributed by atoms with E-state index in [1.807, 2.05) is 30.3 Å². The van der Waals surface area contributed by atoms with E-state index in [0.29, 0.717) is 17.2 Å². The molecule has 1 fully saturated rings. The Morgan fingerprint density at radius 3 is 2.86 bits per heavy atom. The Hall–Kier alpha value is -2.68. The molecule has 1 heterocycles. The molecule has 0 aliphatic heterocycles. The molecule has 1 aliphatic rings. The van der Waals surface area contributed by atoms with Gasteiger partial charge in [0.1, 0.15) is 12.1 Å². The predicted octanol–water partition coefficient (Wildman–Crippen LogP) is 1.58. The molecule has 3 rings (SSSR count). The van der Waals surface area contributed by atoms with Gasteiger partial charge in [0.25, 0.3) is 0 Å². The highest BCUT2D eigenvalue weighted by atomic mass is 16.2. The zero-order valence-corrected chi connectivity index (χ0v) is 11.6. The summed E-state index contributed by atoms with van der Waals surface area (Å²) in [5.41, 5.74) is 1.44. The maximum atomic E-state index is 12.0. The molecule has 0 saturated heterocycles. The standard InChI is InChI=1S/C15H15N5O/c1-9(15(21)18-10-6-7-10)17-14-11-4-2-3-5-12(11)19-20-13(14)8-16/h2-5,9-10H,6-7H2,1H3,(H,17,19)(H,18,21). The zero-order valence-electron chi connectivity index (χ0n) is 11.6. The molecule has 1 aliphatic carbocycles. The largest absolute Gasteiger partial charge is 0.371 e. The van der Waals surface area contributed by atoms with Gasteiger partial charge >= 0.3 is 0 Å². The number of carbonyl (C=O) groups excluding carboxylic acids is 1. The summed E-state index contributed by atoms with van der Waals surface area (Å²) in [6.45, 7) is 1.77. The van der Waals surface area contributed by atoms with Crippen LogP contribution in [-0.2, 0) is 4.79 Å². The Labute approximate surface area is 122 Å². The number of nitrogens with zero attached hydrogens (tertiary/aromatic N) is 3. The number of anilines is 1. The van der Waals surface area contributed by atoms with Crippen molar-refractivity contribution in [1.82, 2.24) is 15.5 Å².